The monoisotopic (exact) mass is 366 g/mol. The van der Waals surface area contributed by atoms with Crippen molar-refractivity contribution in [1.82, 2.24) is 0 Å². The van der Waals surface area contributed by atoms with Crippen molar-refractivity contribution in [1.29, 1.82) is 0 Å². The summed E-state index contributed by atoms with van der Waals surface area (Å²) in [6.45, 7) is 0. The van der Waals surface area contributed by atoms with Crippen molar-refractivity contribution in [3.05, 3.63) is 60.2 Å². The Morgan fingerprint density at radius 3 is 2.37 bits per heavy atom. The fourth-order valence-corrected chi connectivity index (χ4v) is 2.95. The number of carboxylic acids is 1. The lowest BCUT2D eigenvalue weighted by Gasteiger charge is -2.12. The number of carbonyl (C=O) groups is 1. The molecule has 1 unspecified atom stereocenters. The smallest absolute Gasteiger partial charge is 0.304 e. The zero-order chi connectivity index (χ0) is 13.7. The maximum Gasteiger partial charge on any atom is 0.304 e. The highest BCUT2D eigenvalue weighted by atomic mass is 127. The van der Waals surface area contributed by atoms with Gasteiger partial charge in [-0.25, -0.2) is 0 Å². The van der Waals surface area contributed by atoms with Crippen LogP contribution >= 0.6 is 22.6 Å². The predicted molar refractivity (Wildman–Crippen MR) is 85.6 cm³/mol. The Morgan fingerprint density at radius 2 is 1.68 bits per heavy atom. The molecule has 0 saturated heterocycles. The number of hydrogen-bond acceptors (Lipinski definition) is 1. The van der Waals surface area contributed by atoms with Gasteiger partial charge in [-0.05, 0) is 23.1 Å². The van der Waals surface area contributed by atoms with E-state index >= 15 is 0 Å². The first-order valence-corrected chi connectivity index (χ1v) is 7.40. The van der Waals surface area contributed by atoms with Crippen LogP contribution in [0.3, 0.4) is 0 Å². The lowest BCUT2D eigenvalue weighted by atomic mass is 9.96. The normalized spacial score (nSPS) is 12.1. The number of alkyl halides is 1. The van der Waals surface area contributed by atoms with Crippen molar-refractivity contribution >= 4 is 28.6 Å². The highest BCUT2D eigenvalue weighted by Crippen LogP contribution is 2.26. The lowest BCUT2D eigenvalue weighted by Crippen LogP contribution is -2.10. The molecule has 0 spiro atoms. The first-order valence-electron chi connectivity index (χ1n) is 6.16. The Bertz CT molecular complexity index is 552. The van der Waals surface area contributed by atoms with Crippen molar-refractivity contribution in [2.24, 2.45) is 0 Å². The van der Waals surface area contributed by atoms with E-state index in [9.17, 15) is 4.79 Å². The fourth-order valence-electron chi connectivity index (χ4n) is 2.10. The Morgan fingerprint density at radius 1 is 1.05 bits per heavy atom. The zero-order valence-electron chi connectivity index (χ0n) is 10.4. The molecule has 19 heavy (non-hydrogen) atoms. The maximum atomic E-state index is 10.8. The van der Waals surface area contributed by atoms with Crippen LogP contribution in [0.5, 0.6) is 0 Å². The molecule has 2 aromatic carbocycles. The molecule has 3 heteroatoms. The molecule has 0 aromatic heterocycles. The molecule has 0 saturated carbocycles. The minimum Gasteiger partial charge on any atom is -0.481 e. The molecule has 0 heterocycles. The second-order valence-electron chi connectivity index (χ2n) is 4.42. The summed E-state index contributed by atoms with van der Waals surface area (Å²) in [5, 5.41) is 8.84. The Hall–Kier alpha value is -1.36. The number of carboxylic acid groups (broad SMARTS) is 1. The average molecular weight is 366 g/mol. The molecule has 0 bridgehead atoms. The number of halogens is 1. The van der Waals surface area contributed by atoms with E-state index in [1.165, 1.54) is 16.7 Å². The van der Waals surface area contributed by atoms with Crippen molar-refractivity contribution in [2.75, 3.05) is 0 Å². The largest absolute Gasteiger partial charge is 0.481 e. The molecule has 2 rings (SSSR count). The molecule has 0 fully saturated rings. The van der Waals surface area contributed by atoms with Gasteiger partial charge in [0.15, 0.2) is 0 Å². The summed E-state index contributed by atoms with van der Waals surface area (Å²) in [4.78, 5) is 10.8. The summed E-state index contributed by atoms with van der Waals surface area (Å²) < 4.78 is 0.111. The van der Waals surface area contributed by atoms with Crippen LogP contribution in [0.2, 0.25) is 0 Å². The molecule has 0 radical (unpaired) electrons. The van der Waals surface area contributed by atoms with Gasteiger partial charge in [-0.15, -0.1) is 0 Å². The van der Waals surface area contributed by atoms with E-state index in [2.05, 4.69) is 46.9 Å². The van der Waals surface area contributed by atoms with Crippen LogP contribution in [0.15, 0.2) is 54.6 Å². The van der Waals surface area contributed by atoms with E-state index in [0.29, 0.717) is 0 Å². The summed E-state index contributed by atoms with van der Waals surface area (Å²) in [7, 11) is 0. The van der Waals surface area contributed by atoms with Crippen LogP contribution in [0.25, 0.3) is 11.1 Å². The molecule has 98 valence electrons. The Kier molecular flexibility index (Phi) is 4.96. The summed E-state index contributed by atoms with van der Waals surface area (Å²) in [6, 6.07) is 18.4. The third-order valence-corrected chi connectivity index (χ3v) is 3.82. The maximum absolute atomic E-state index is 10.8. The van der Waals surface area contributed by atoms with Crippen molar-refractivity contribution in [2.45, 2.75) is 16.8 Å². The van der Waals surface area contributed by atoms with Gasteiger partial charge in [-0.1, -0.05) is 77.2 Å². The molecular formula is C16H15IO2. The quantitative estimate of drug-likeness (QED) is 0.637. The predicted octanol–water partition coefficient (Wildman–Crippen LogP) is 4.17. The third kappa shape index (κ3) is 4.06. The van der Waals surface area contributed by atoms with Crippen LogP contribution in [-0.4, -0.2) is 15.0 Å². The lowest BCUT2D eigenvalue weighted by molar-refractivity contribution is -0.136. The summed E-state index contributed by atoms with van der Waals surface area (Å²) >= 11 is 2.22. The number of hydrogen-bond donors (Lipinski definition) is 1. The van der Waals surface area contributed by atoms with Gasteiger partial charge in [0.1, 0.15) is 0 Å². The highest BCUT2D eigenvalue weighted by Gasteiger charge is 2.12. The van der Waals surface area contributed by atoms with Gasteiger partial charge in [0.05, 0.1) is 6.42 Å². The first kappa shape index (κ1) is 14.1. The molecule has 0 amide bonds. The van der Waals surface area contributed by atoms with Gasteiger partial charge in [0, 0.05) is 3.92 Å². The Balaban J connectivity index is 2.24. The van der Waals surface area contributed by atoms with Gasteiger partial charge in [0.25, 0.3) is 0 Å². The van der Waals surface area contributed by atoms with Gasteiger partial charge in [-0.2, -0.15) is 0 Å². The van der Waals surface area contributed by atoms with Crippen LogP contribution in [0.1, 0.15) is 12.0 Å². The summed E-state index contributed by atoms with van der Waals surface area (Å²) in [6.07, 6.45) is 0.974. The van der Waals surface area contributed by atoms with E-state index < -0.39 is 5.97 Å². The van der Waals surface area contributed by atoms with E-state index in [1.54, 1.807) is 0 Å². The van der Waals surface area contributed by atoms with Gasteiger partial charge < -0.3 is 5.11 Å². The molecule has 0 aliphatic rings. The fraction of sp³-hybridized carbons (Fsp3) is 0.188. The van der Waals surface area contributed by atoms with Crippen molar-refractivity contribution < 1.29 is 9.90 Å². The minimum absolute atomic E-state index is 0.111. The molecule has 2 aromatic rings. The van der Waals surface area contributed by atoms with E-state index in [1.807, 2.05) is 30.3 Å². The van der Waals surface area contributed by atoms with Crippen molar-refractivity contribution in [3.8, 4) is 11.1 Å². The standard InChI is InChI=1S/C16H15IO2/c17-14(11-16(18)19)10-13-8-4-5-9-15(13)12-6-2-1-3-7-12/h1-9,14H,10-11H2,(H,18,19). The molecule has 2 nitrogen and oxygen atoms in total. The topological polar surface area (TPSA) is 37.3 Å². The van der Waals surface area contributed by atoms with Gasteiger partial charge in [-0.3, -0.25) is 4.79 Å². The summed E-state index contributed by atoms with van der Waals surface area (Å²) in [5.41, 5.74) is 3.57. The SMILES string of the molecule is O=C(O)CC(I)Cc1ccccc1-c1ccccc1. The second kappa shape index (κ2) is 6.70. The van der Waals surface area contributed by atoms with Crippen LogP contribution in [-0.2, 0) is 11.2 Å². The molecule has 0 aliphatic carbocycles. The average Bonchev–Trinajstić information content (AvgIpc) is 2.39. The van der Waals surface area contributed by atoms with Crippen LogP contribution < -0.4 is 0 Å². The molecule has 0 aliphatic heterocycles. The minimum atomic E-state index is -0.739. The highest BCUT2D eigenvalue weighted by molar-refractivity contribution is 14.1. The molecular weight excluding hydrogens is 351 g/mol. The van der Waals surface area contributed by atoms with Gasteiger partial charge >= 0.3 is 5.97 Å². The summed E-state index contributed by atoms with van der Waals surface area (Å²) in [5.74, 6) is -0.739. The number of rotatable bonds is 5. The van der Waals surface area contributed by atoms with E-state index in [4.69, 9.17) is 5.11 Å². The Labute approximate surface area is 126 Å². The number of aliphatic carboxylic acids is 1. The molecule has 1 N–H and O–H groups in total. The third-order valence-electron chi connectivity index (χ3n) is 2.94. The number of benzene rings is 2. The second-order valence-corrected chi connectivity index (χ2v) is 6.18. The van der Waals surface area contributed by atoms with Crippen LogP contribution in [0.4, 0.5) is 0 Å². The zero-order valence-corrected chi connectivity index (χ0v) is 12.6. The first-order chi connectivity index (χ1) is 9.16. The van der Waals surface area contributed by atoms with Crippen LogP contribution in [0, 0.1) is 0 Å². The van der Waals surface area contributed by atoms with Crippen molar-refractivity contribution in [3.63, 3.8) is 0 Å². The van der Waals surface area contributed by atoms with E-state index in [0.717, 1.165) is 6.42 Å². The molecule has 1 atom stereocenters. The van der Waals surface area contributed by atoms with Gasteiger partial charge in [0.2, 0.25) is 0 Å². The van der Waals surface area contributed by atoms with E-state index in [-0.39, 0.29) is 10.3 Å².